The normalized spacial score (nSPS) is 17.3. The molecule has 2 aliphatic rings. The Kier molecular flexibility index (Phi) is 6.30. The molecule has 2 aromatic rings. The van der Waals surface area contributed by atoms with E-state index in [0.29, 0.717) is 35.1 Å². The minimum Gasteiger partial charge on any atom is -0.469 e. The van der Waals surface area contributed by atoms with Crippen LogP contribution in [0.4, 0.5) is 0 Å². The van der Waals surface area contributed by atoms with Gasteiger partial charge in [-0.2, -0.15) is 0 Å². The Morgan fingerprint density at radius 2 is 1.52 bits per heavy atom. The van der Waals surface area contributed by atoms with Crippen molar-refractivity contribution in [3.8, 4) is 0 Å². The molecule has 1 fully saturated rings. The molecule has 4 rings (SSSR count). The van der Waals surface area contributed by atoms with Crippen molar-refractivity contribution < 1.29 is 19.1 Å². The molecule has 4 nitrogen and oxygen atoms in total. The van der Waals surface area contributed by atoms with Crippen LogP contribution < -0.4 is 0 Å². The molecular formula is C29H34O4. The van der Waals surface area contributed by atoms with Crippen LogP contribution in [0.1, 0.15) is 115 Å². The van der Waals surface area contributed by atoms with E-state index < -0.39 is 0 Å². The maximum absolute atomic E-state index is 13.6. The van der Waals surface area contributed by atoms with Crippen LogP contribution in [0.3, 0.4) is 0 Å². The van der Waals surface area contributed by atoms with E-state index in [1.165, 1.54) is 31.9 Å². The Bertz CT molecular complexity index is 1100. The molecule has 0 heterocycles. The van der Waals surface area contributed by atoms with Crippen LogP contribution in [-0.2, 0) is 20.4 Å². The summed E-state index contributed by atoms with van der Waals surface area (Å²) in [6.45, 7) is 6.50. The van der Waals surface area contributed by atoms with Gasteiger partial charge in [-0.05, 0) is 71.9 Å². The van der Waals surface area contributed by atoms with Crippen LogP contribution in [0.2, 0.25) is 0 Å². The zero-order chi connectivity index (χ0) is 23.8. The smallest absolute Gasteiger partial charge is 0.305 e. The lowest BCUT2D eigenvalue weighted by atomic mass is 9.69. The first-order valence-corrected chi connectivity index (χ1v) is 12.1. The lowest BCUT2D eigenvalue weighted by Crippen LogP contribution is -2.27. The fourth-order valence-corrected chi connectivity index (χ4v) is 5.49. The number of carbonyl (C=O) groups excluding carboxylic acids is 3. The van der Waals surface area contributed by atoms with E-state index in [9.17, 15) is 14.4 Å². The second-order valence-corrected chi connectivity index (χ2v) is 10.6. The predicted molar refractivity (Wildman–Crippen MR) is 129 cm³/mol. The summed E-state index contributed by atoms with van der Waals surface area (Å²) in [5.41, 5.74) is 4.05. The molecule has 33 heavy (non-hydrogen) atoms. The third-order valence-corrected chi connectivity index (χ3v) is 7.86. The highest BCUT2D eigenvalue weighted by atomic mass is 16.5. The maximum atomic E-state index is 13.6. The van der Waals surface area contributed by atoms with Gasteiger partial charge in [-0.3, -0.25) is 14.4 Å². The molecule has 0 radical (unpaired) electrons. The Morgan fingerprint density at radius 3 is 2.18 bits per heavy atom. The minimum absolute atomic E-state index is 0.0620. The molecule has 0 aromatic heterocycles. The Labute approximate surface area is 196 Å². The number of methoxy groups -OCH3 is 1. The van der Waals surface area contributed by atoms with Crippen molar-refractivity contribution in [1.29, 1.82) is 0 Å². The first-order valence-electron chi connectivity index (χ1n) is 12.1. The van der Waals surface area contributed by atoms with Gasteiger partial charge in [0.2, 0.25) is 0 Å². The quantitative estimate of drug-likeness (QED) is 0.417. The highest BCUT2D eigenvalue weighted by Crippen LogP contribution is 2.41. The highest BCUT2D eigenvalue weighted by Gasteiger charge is 2.35. The van der Waals surface area contributed by atoms with Gasteiger partial charge in [-0.25, -0.2) is 0 Å². The summed E-state index contributed by atoms with van der Waals surface area (Å²) < 4.78 is 4.74. The van der Waals surface area contributed by atoms with E-state index in [4.69, 9.17) is 4.74 Å². The second kappa shape index (κ2) is 8.89. The number of fused-ring (bicyclic) bond motifs is 2. The minimum atomic E-state index is -0.232. The average Bonchev–Trinajstić information content (AvgIpc) is 2.82. The summed E-state index contributed by atoms with van der Waals surface area (Å²) >= 11 is 0. The molecule has 2 aliphatic carbocycles. The van der Waals surface area contributed by atoms with Crippen molar-refractivity contribution in [2.45, 2.75) is 83.0 Å². The fourth-order valence-electron chi connectivity index (χ4n) is 5.49. The van der Waals surface area contributed by atoms with E-state index in [2.05, 4.69) is 26.8 Å². The molecule has 0 N–H and O–H groups in total. The molecule has 0 aliphatic heterocycles. The van der Waals surface area contributed by atoms with E-state index in [1.807, 2.05) is 24.3 Å². The van der Waals surface area contributed by atoms with Crippen molar-refractivity contribution in [1.82, 2.24) is 0 Å². The SMILES string of the molecule is COC(=O)CCCC(C)(C)c1ccc2c(c1)C(=O)c1cc(C3(C)CCCCC3)ccc1C2=O. The van der Waals surface area contributed by atoms with Crippen molar-refractivity contribution in [3.63, 3.8) is 0 Å². The zero-order valence-electron chi connectivity index (χ0n) is 20.3. The number of hydrogen-bond acceptors (Lipinski definition) is 4. The third kappa shape index (κ3) is 4.40. The Morgan fingerprint density at radius 1 is 0.909 bits per heavy atom. The predicted octanol–water partition coefficient (Wildman–Crippen LogP) is 6.30. The van der Waals surface area contributed by atoms with Gasteiger partial charge < -0.3 is 4.74 Å². The number of ether oxygens (including phenoxy) is 1. The van der Waals surface area contributed by atoms with Gasteiger partial charge in [0.25, 0.3) is 0 Å². The number of esters is 1. The number of carbonyl (C=O) groups is 3. The largest absolute Gasteiger partial charge is 0.469 e. The third-order valence-electron chi connectivity index (χ3n) is 7.86. The Balaban J connectivity index is 1.65. The molecule has 0 unspecified atom stereocenters. The van der Waals surface area contributed by atoms with Crippen molar-refractivity contribution in [2.24, 2.45) is 0 Å². The van der Waals surface area contributed by atoms with Crippen LogP contribution in [0.15, 0.2) is 36.4 Å². The van der Waals surface area contributed by atoms with E-state index in [-0.39, 0.29) is 28.4 Å². The number of benzene rings is 2. The monoisotopic (exact) mass is 446 g/mol. The molecule has 4 heteroatoms. The van der Waals surface area contributed by atoms with Crippen LogP contribution >= 0.6 is 0 Å². The molecule has 174 valence electrons. The fraction of sp³-hybridized carbons (Fsp3) is 0.483. The van der Waals surface area contributed by atoms with Crippen molar-refractivity contribution in [2.75, 3.05) is 7.11 Å². The van der Waals surface area contributed by atoms with Gasteiger partial charge in [0, 0.05) is 28.7 Å². The summed E-state index contributed by atoms with van der Waals surface area (Å²) in [7, 11) is 1.40. The molecule has 0 atom stereocenters. The molecule has 1 saturated carbocycles. The highest BCUT2D eigenvalue weighted by molar-refractivity contribution is 6.28. The summed E-state index contributed by atoms with van der Waals surface area (Å²) in [4.78, 5) is 38.3. The van der Waals surface area contributed by atoms with Crippen LogP contribution in [-0.4, -0.2) is 24.6 Å². The van der Waals surface area contributed by atoms with Crippen LogP contribution in [0, 0.1) is 0 Å². The van der Waals surface area contributed by atoms with E-state index in [0.717, 1.165) is 24.8 Å². The summed E-state index contributed by atoms with van der Waals surface area (Å²) in [6, 6.07) is 11.5. The molecular weight excluding hydrogens is 412 g/mol. The van der Waals surface area contributed by atoms with Gasteiger partial charge in [0.05, 0.1) is 7.11 Å². The molecule has 0 amide bonds. The van der Waals surface area contributed by atoms with Gasteiger partial charge in [0.15, 0.2) is 11.6 Å². The number of ketones is 2. The molecule has 0 saturated heterocycles. The summed E-state index contributed by atoms with van der Waals surface area (Å²) in [5, 5.41) is 0. The lowest BCUT2D eigenvalue weighted by molar-refractivity contribution is -0.140. The molecule has 2 aromatic carbocycles. The maximum Gasteiger partial charge on any atom is 0.305 e. The van der Waals surface area contributed by atoms with Crippen molar-refractivity contribution in [3.05, 3.63) is 69.8 Å². The standard InChI is InChI=1S/C29H34O4/c1-28(2,14-8-9-25(30)33-4)19-10-12-21-23(17-19)27(32)24-18-20(11-13-22(24)26(21)31)29(3)15-6-5-7-16-29/h10-13,17-18H,5-9,14-16H2,1-4H3. The lowest BCUT2D eigenvalue weighted by Gasteiger charge is -2.35. The summed E-state index contributed by atoms with van der Waals surface area (Å²) in [6.07, 6.45) is 7.77. The van der Waals surface area contributed by atoms with Crippen molar-refractivity contribution >= 4 is 17.5 Å². The first kappa shape index (κ1) is 23.4. The number of hydrogen-bond donors (Lipinski definition) is 0. The first-order chi connectivity index (χ1) is 15.7. The second-order valence-electron chi connectivity index (χ2n) is 10.6. The zero-order valence-corrected chi connectivity index (χ0v) is 20.3. The summed E-state index contributed by atoms with van der Waals surface area (Å²) in [5.74, 6) is -0.348. The Hall–Kier alpha value is -2.75. The number of rotatable bonds is 6. The van der Waals surface area contributed by atoms with Crippen LogP contribution in [0.5, 0.6) is 0 Å². The van der Waals surface area contributed by atoms with Gasteiger partial charge in [-0.1, -0.05) is 52.2 Å². The van der Waals surface area contributed by atoms with Gasteiger partial charge in [-0.15, -0.1) is 0 Å². The molecule has 0 bridgehead atoms. The van der Waals surface area contributed by atoms with E-state index in [1.54, 1.807) is 6.07 Å². The van der Waals surface area contributed by atoms with Gasteiger partial charge in [0.1, 0.15) is 0 Å². The van der Waals surface area contributed by atoms with E-state index >= 15 is 0 Å². The average molecular weight is 447 g/mol. The van der Waals surface area contributed by atoms with Gasteiger partial charge >= 0.3 is 5.97 Å². The van der Waals surface area contributed by atoms with Crippen LogP contribution in [0.25, 0.3) is 0 Å². The molecule has 0 spiro atoms. The topological polar surface area (TPSA) is 60.4 Å².